The molecule has 0 bridgehead atoms. The largest absolute Gasteiger partial charge is 0.486 e. The number of carbonyl (C=O) groups excluding carboxylic acids is 1. The van der Waals surface area contributed by atoms with E-state index in [1.165, 1.54) is 0 Å². The molecule has 0 spiro atoms. The van der Waals surface area contributed by atoms with E-state index in [9.17, 15) is 4.79 Å². The van der Waals surface area contributed by atoms with Gasteiger partial charge in [-0.15, -0.1) is 0 Å². The van der Waals surface area contributed by atoms with E-state index in [-0.39, 0.29) is 5.91 Å². The van der Waals surface area contributed by atoms with Gasteiger partial charge in [0.1, 0.15) is 19.3 Å². The fourth-order valence-electron chi connectivity index (χ4n) is 3.32. The zero-order valence-electron chi connectivity index (χ0n) is 16.6. The Labute approximate surface area is 170 Å². The molecule has 0 unspecified atom stereocenters. The van der Waals surface area contributed by atoms with Crippen LogP contribution in [0.5, 0.6) is 11.5 Å². The molecule has 0 radical (unpaired) electrons. The van der Waals surface area contributed by atoms with E-state index in [1.54, 1.807) is 0 Å². The number of amides is 1. The minimum atomic E-state index is -0.557. The topological polar surface area (TPSA) is 59.6 Å². The van der Waals surface area contributed by atoms with Gasteiger partial charge in [0.15, 0.2) is 11.5 Å². The first kappa shape index (κ1) is 18.9. The summed E-state index contributed by atoms with van der Waals surface area (Å²) in [7, 11) is 0. The van der Waals surface area contributed by atoms with E-state index in [2.05, 4.69) is 10.6 Å². The van der Waals surface area contributed by atoms with Gasteiger partial charge in [-0.05, 0) is 48.7 Å². The standard InChI is InChI=1S/C24H24N2O3/c1-16-8-9-17(2)20(14-16)26-24(27)23(18-6-4-3-5-7-18)25-19-10-11-21-22(15-19)29-13-12-28-21/h3-11,14-15,23,25H,12-13H2,1-2H3,(H,26,27)/t23-/m0/s1. The molecule has 1 heterocycles. The number of rotatable bonds is 5. The normalized spacial score (nSPS) is 13.4. The van der Waals surface area contributed by atoms with E-state index >= 15 is 0 Å². The molecule has 5 heteroatoms. The van der Waals surface area contributed by atoms with Crippen LogP contribution in [0, 0.1) is 13.8 Å². The second kappa shape index (κ2) is 8.27. The van der Waals surface area contributed by atoms with Crippen molar-refractivity contribution >= 4 is 17.3 Å². The molecular weight excluding hydrogens is 364 g/mol. The van der Waals surface area contributed by atoms with Crippen LogP contribution in [-0.4, -0.2) is 19.1 Å². The van der Waals surface area contributed by atoms with Crippen molar-refractivity contribution in [2.45, 2.75) is 19.9 Å². The summed E-state index contributed by atoms with van der Waals surface area (Å²) in [6.07, 6.45) is 0. The maximum absolute atomic E-state index is 13.2. The molecular formula is C24H24N2O3. The molecule has 0 saturated heterocycles. The lowest BCUT2D eigenvalue weighted by molar-refractivity contribution is -0.117. The predicted molar refractivity (Wildman–Crippen MR) is 115 cm³/mol. The third-order valence-corrected chi connectivity index (χ3v) is 4.90. The number of fused-ring (bicyclic) bond motifs is 1. The van der Waals surface area contributed by atoms with E-state index in [0.29, 0.717) is 19.0 Å². The lowest BCUT2D eigenvalue weighted by atomic mass is 10.0. The quantitative estimate of drug-likeness (QED) is 0.655. The van der Waals surface area contributed by atoms with Crippen LogP contribution in [0.4, 0.5) is 11.4 Å². The molecule has 1 amide bonds. The molecule has 0 fully saturated rings. The average Bonchev–Trinajstić information content (AvgIpc) is 2.75. The van der Waals surface area contributed by atoms with Gasteiger partial charge in [-0.25, -0.2) is 0 Å². The zero-order valence-corrected chi connectivity index (χ0v) is 16.6. The van der Waals surface area contributed by atoms with Gasteiger partial charge in [-0.1, -0.05) is 42.5 Å². The van der Waals surface area contributed by atoms with Crippen molar-refractivity contribution in [3.05, 3.63) is 83.4 Å². The molecule has 3 aromatic rings. The van der Waals surface area contributed by atoms with Crippen molar-refractivity contribution in [2.75, 3.05) is 23.8 Å². The third kappa shape index (κ3) is 4.35. The monoisotopic (exact) mass is 388 g/mol. The third-order valence-electron chi connectivity index (χ3n) is 4.90. The molecule has 1 aliphatic heterocycles. The van der Waals surface area contributed by atoms with E-state index < -0.39 is 6.04 Å². The van der Waals surface area contributed by atoms with Crippen molar-refractivity contribution in [3.63, 3.8) is 0 Å². The Hall–Kier alpha value is -3.47. The number of hydrogen-bond donors (Lipinski definition) is 2. The van der Waals surface area contributed by atoms with E-state index in [4.69, 9.17) is 9.47 Å². The highest BCUT2D eigenvalue weighted by Crippen LogP contribution is 2.34. The highest BCUT2D eigenvalue weighted by Gasteiger charge is 2.22. The van der Waals surface area contributed by atoms with E-state index in [0.717, 1.165) is 33.8 Å². The maximum atomic E-state index is 13.2. The zero-order chi connectivity index (χ0) is 20.2. The lowest BCUT2D eigenvalue weighted by Crippen LogP contribution is -2.27. The van der Waals surface area contributed by atoms with E-state index in [1.807, 2.05) is 80.6 Å². The van der Waals surface area contributed by atoms with Crippen LogP contribution in [0.3, 0.4) is 0 Å². The van der Waals surface area contributed by atoms with Gasteiger partial charge in [-0.2, -0.15) is 0 Å². The number of ether oxygens (including phenoxy) is 2. The van der Waals surface area contributed by atoms with Crippen molar-refractivity contribution in [3.8, 4) is 11.5 Å². The summed E-state index contributed by atoms with van der Waals surface area (Å²) in [5.41, 5.74) is 4.61. The minimum absolute atomic E-state index is 0.125. The number of benzene rings is 3. The molecule has 1 aliphatic rings. The number of nitrogens with one attached hydrogen (secondary N) is 2. The summed E-state index contributed by atoms with van der Waals surface area (Å²) in [5, 5.41) is 6.43. The molecule has 3 aromatic carbocycles. The fraction of sp³-hybridized carbons (Fsp3) is 0.208. The van der Waals surface area contributed by atoms with Gasteiger partial charge >= 0.3 is 0 Å². The Kier molecular flexibility index (Phi) is 5.38. The first-order valence-corrected chi connectivity index (χ1v) is 9.69. The van der Waals surface area contributed by atoms with Crippen LogP contribution in [0.15, 0.2) is 66.7 Å². The SMILES string of the molecule is Cc1ccc(C)c(NC(=O)[C@@H](Nc2ccc3c(c2)OCCO3)c2ccccc2)c1. The molecule has 2 N–H and O–H groups in total. The van der Waals surface area contributed by atoms with Crippen molar-refractivity contribution in [1.82, 2.24) is 0 Å². The maximum Gasteiger partial charge on any atom is 0.251 e. The van der Waals surface area contributed by atoms with Crippen LogP contribution in [-0.2, 0) is 4.79 Å². The first-order chi connectivity index (χ1) is 14.1. The molecule has 5 nitrogen and oxygen atoms in total. The minimum Gasteiger partial charge on any atom is -0.486 e. The molecule has 29 heavy (non-hydrogen) atoms. The molecule has 4 rings (SSSR count). The van der Waals surface area contributed by atoms with Crippen LogP contribution < -0.4 is 20.1 Å². The molecule has 0 saturated carbocycles. The number of hydrogen-bond acceptors (Lipinski definition) is 4. The number of carbonyl (C=O) groups is 1. The summed E-state index contributed by atoms with van der Waals surface area (Å²) < 4.78 is 11.3. The Morgan fingerprint density at radius 2 is 1.66 bits per heavy atom. The van der Waals surface area contributed by atoms with Crippen LogP contribution >= 0.6 is 0 Å². The van der Waals surface area contributed by atoms with Gasteiger partial charge in [0.25, 0.3) is 5.91 Å². The van der Waals surface area contributed by atoms with Crippen LogP contribution in [0.25, 0.3) is 0 Å². The summed E-state index contributed by atoms with van der Waals surface area (Å²) in [6.45, 7) is 5.06. The van der Waals surface area contributed by atoms with Gasteiger partial charge in [0.2, 0.25) is 0 Å². The first-order valence-electron chi connectivity index (χ1n) is 9.69. The second-order valence-corrected chi connectivity index (χ2v) is 7.15. The summed E-state index contributed by atoms with van der Waals surface area (Å²) in [6, 6.07) is 20.8. The lowest BCUT2D eigenvalue weighted by Gasteiger charge is -2.23. The Balaban J connectivity index is 1.62. The van der Waals surface area contributed by atoms with Gasteiger partial charge < -0.3 is 20.1 Å². The molecule has 0 aliphatic carbocycles. The van der Waals surface area contributed by atoms with Crippen molar-refractivity contribution < 1.29 is 14.3 Å². The van der Waals surface area contributed by atoms with Crippen molar-refractivity contribution in [1.29, 1.82) is 0 Å². The Bertz CT molecular complexity index is 1020. The average molecular weight is 388 g/mol. The number of aryl methyl sites for hydroxylation is 2. The highest BCUT2D eigenvalue weighted by atomic mass is 16.6. The Morgan fingerprint density at radius 1 is 0.897 bits per heavy atom. The number of anilines is 2. The molecule has 148 valence electrons. The van der Waals surface area contributed by atoms with Gasteiger partial charge in [0.05, 0.1) is 0 Å². The van der Waals surface area contributed by atoms with Crippen LogP contribution in [0.1, 0.15) is 22.7 Å². The highest BCUT2D eigenvalue weighted by molar-refractivity contribution is 5.98. The predicted octanol–water partition coefficient (Wildman–Crippen LogP) is 4.87. The van der Waals surface area contributed by atoms with Crippen molar-refractivity contribution in [2.24, 2.45) is 0 Å². The molecule has 1 atom stereocenters. The van der Waals surface area contributed by atoms with Gasteiger partial charge in [0, 0.05) is 17.4 Å². The second-order valence-electron chi connectivity index (χ2n) is 7.15. The fourth-order valence-corrected chi connectivity index (χ4v) is 3.32. The summed E-state index contributed by atoms with van der Waals surface area (Å²) in [5.74, 6) is 1.28. The van der Waals surface area contributed by atoms with Crippen LogP contribution in [0.2, 0.25) is 0 Å². The summed E-state index contributed by atoms with van der Waals surface area (Å²) >= 11 is 0. The summed E-state index contributed by atoms with van der Waals surface area (Å²) in [4.78, 5) is 13.2. The molecule has 0 aromatic heterocycles. The smallest absolute Gasteiger partial charge is 0.251 e. The Morgan fingerprint density at radius 3 is 2.45 bits per heavy atom. The van der Waals surface area contributed by atoms with Gasteiger partial charge in [-0.3, -0.25) is 4.79 Å².